The Bertz CT molecular complexity index is 1120. The molecule has 6 heteroatoms. The number of carbonyl (C=O) groups excluding carboxylic acids is 1. The molecule has 1 amide bonds. The van der Waals surface area contributed by atoms with Gasteiger partial charge in [0.15, 0.2) is 0 Å². The van der Waals surface area contributed by atoms with Gasteiger partial charge < -0.3 is 10.1 Å². The Hall–Kier alpha value is -3.33. The monoisotopic (exact) mass is 459 g/mol. The first-order valence-corrected chi connectivity index (χ1v) is 11.5. The van der Waals surface area contributed by atoms with Gasteiger partial charge in [-0.25, -0.2) is 0 Å². The lowest BCUT2D eigenvalue weighted by Crippen LogP contribution is -2.38. The number of likely N-dealkylation sites (tertiary alicyclic amines) is 1. The zero-order valence-corrected chi connectivity index (χ0v) is 19.3. The van der Waals surface area contributed by atoms with Gasteiger partial charge in [0.1, 0.15) is 5.75 Å². The highest BCUT2D eigenvalue weighted by molar-refractivity contribution is 6.30. The van der Waals surface area contributed by atoms with Gasteiger partial charge in [0.25, 0.3) is 5.91 Å². The second kappa shape index (κ2) is 10.5. The molecule has 1 saturated heterocycles. The minimum atomic E-state index is -0.0884. The summed E-state index contributed by atoms with van der Waals surface area (Å²) < 4.78 is 5.61. The number of nitrogens with one attached hydrogen (secondary N) is 1. The number of nitrogens with zero attached hydrogens (tertiary/aromatic N) is 2. The maximum atomic E-state index is 12.7. The molecule has 0 spiro atoms. The predicted molar refractivity (Wildman–Crippen MR) is 130 cm³/mol. The van der Waals surface area contributed by atoms with Crippen molar-refractivity contribution in [2.24, 2.45) is 0 Å². The van der Waals surface area contributed by atoms with Gasteiger partial charge in [-0.1, -0.05) is 35.9 Å². The number of carbonyl (C=O) groups is 1. The number of nitriles is 1. The van der Waals surface area contributed by atoms with Crippen molar-refractivity contribution in [3.63, 3.8) is 0 Å². The second-order valence-electron chi connectivity index (χ2n) is 8.10. The van der Waals surface area contributed by atoms with E-state index in [1.165, 1.54) is 0 Å². The van der Waals surface area contributed by atoms with Gasteiger partial charge in [-0.2, -0.15) is 5.26 Å². The van der Waals surface area contributed by atoms with Crippen molar-refractivity contribution in [1.82, 2.24) is 10.2 Å². The third-order valence-corrected chi connectivity index (χ3v) is 6.14. The summed E-state index contributed by atoms with van der Waals surface area (Å²) in [5.41, 5.74) is 3.50. The van der Waals surface area contributed by atoms with Crippen LogP contribution in [0.4, 0.5) is 0 Å². The summed E-state index contributed by atoms with van der Waals surface area (Å²) in [6, 6.07) is 25.1. The fourth-order valence-corrected chi connectivity index (χ4v) is 4.40. The molecule has 0 bridgehead atoms. The average Bonchev–Trinajstić information content (AvgIpc) is 3.29. The van der Waals surface area contributed by atoms with Gasteiger partial charge in [-0.05, 0) is 73.0 Å². The lowest BCUT2D eigenvalue weighted by molar-refractivity contribution is 0.0937. The van der Waals surface area contributed by atoms with Gasteiger partial charge in [0.05, 0.1) is 24.3 Å². The van der Waals surface area contributed by atoms with Crippen LogP contribution in [-0.4, -0.2) is 36.5 Å². The predicted octanol–water partition coefficient (Wildman–Crippen LogP) is 5.20. The molecule has 1 N–H and O–H groups in total. The van der Waals surface area contributed by atoms with Crippen LogP contribution in [0, 0.1) is 11.3 Å². The number of halogens is 1. The summed E-state index contributed by atoms with van der Waals surface area (Å²) in [5.74, 6) is 0.754. The standard InChI is InChI=1S/C27H26ClN3O2/c1-2-33-25-13-9-21(10-14-25)26(20-5-3-19(17-29)4-6-20)31-16-15-24(18-31)30-27(32)22-7-11-23(28)12-8-22/h3-14,24,26H,2,15-16,18H2,1H3,(H,30,32)/t24?,26-/m1/s1. The van der Waals surface area contributed by atoms with Crippen molar-refractivity contribution >= 4 is 17.5 Å². The molecule has 3 aromatic carbocycles. The molecule has 4 rings (SSSR count). The molecular formula is C27H26ClN3O2. The number of amides is 1. The van der Waals surface area contributed by atoms with Crippen LogP contribution in [0.15, 0.2) is 72.8 Å². The van der Waals surface area contributed by atoms with Crippen LogP contribution in [0.25, 0.3) is 0 Å². The molecule has 2 atom stereocenters. The molecule has 33 heavy (non-hydrogen) atoms. The molecule has 0 radical (unpaired) electrons. The van der Waals surface area contributed by atoms with Gasteiger partial charge >= 0.3 is 0 Å². The molecule has 0 aromatic heterocycles. The van der Waals surface area contributed by atoms with Crippen LogP contribution in [0.1, 0.15) is 46.4 Å². The maximum Gasteiger partial charge on any atom is 0.251 e. The molecule has 1 heterocycles. The molecule has 1 unspecified atom stereocenters. The fraction of sp³-hybridized carbons (Fsp3) is 0.259. The lowest BCUT2D eigenvalue weighted by atomic mass is 9.96. The normalized spacial score (nSPS) is 16.7. The molecular weight excluding hydrogens is 434 g/mol. The molecule has 3 aromatic rings. The summed E-state index contributed by atoms with van der Waals surface area (Å²) in [6.45, 7) is 4.18. The highest BCUT2D eigenvalue weighted by atomic mass is 35.5. The summed E-state index contributed by atoms with van der Waals surface area (Å²) in [7, 11) is 0. The maximum absolute atomic E-state index is 12.7. The first-order valence-electron chi connectivity index (χ1n) is 11.1. The van der Waals surface area contributed by atoms with Gasteiger partial charge in [0, 0.05) is 29.7 Å². The zero-order valence-electron chi connectivity index (χ0n) is 18.5. The average molecular weight is 460 g/mol. The first kappa shape index (κ1) is 22.8. The molecule has 5 nitrogen and oxygen atoms in total. The van der Waals surface area contributed by atoms with E-state index in [2.05, 4.69) is 28.4 Å². The molecule has 1 aliphatic rings. The summed E-state index contributed by atoms with van der Waals surface area (Å²) in [6.07, 6.45) is 0.864. The van der Waals surface area contributed by atoms with Crippen LogP contribution in [0.2, 0.25) is 5.02 Å². The third kappa shape index (κ3) is 5.54. The van der Waals surface area contributed by atoms with E-state index in [0.717, 1.165) is 36.4 Å². The zero-order chi connectivity index (χ0) is 23.2. The Labute approximate surface area is 199 Å². The fourth-order valence-electron chi connectivity index (χ4n) is 4.28. The highest BCUT2D eigenvalue weighted by Crippen LogP contribution is 2.33. The Morgan fingerprint density at radius 1 is 1.09 bits per heavy atom. The van der Waals surface area contributed by atoms with Crippen molar-refractivity contribution in [1.29, 1.82) is 5.26 Å². The second-order valence-corrected chi connectivity index (χ2v) is 8.54. The Kier molecular flexibility index (Phi) is 7.29. The minimum absolute atomic E-state index is 0.0193. The largest absolute Gasteiger partial charge is 0.494 e. The summed E-state index contributed by atoms with van der Waals surface area (Å²) in [4.78, 5) is 15.1. The summed E-state index contributed by atoms with van der Waals surface area (Å²) >= 11 is 5.94. The van der Waals surface area contributed by atoms with Crippen molar-refractivity contribution < 1.29 is 9.53 Å². The van der Waals surface area contributed by atoms with Crippen molar-refractivity contribution in [2.75, 3.05) is 19.7 Å². The van der Waals surface area contributed by atoms with E-state index in [1.807, 2.05) is 43.3 Å². The van der Waals surface area contributed by atoms with E-state index >= 15 is 0 Å². The molecule has 1 aliphatic heterocycles. The molecule has 1 fully saturated rings. The third-order valence-electron chi connectivity index (χ3n) is 5.89. The highest BCUT2D eigenvalue weighted by Gasteiger charge is 2.31. The molecule has 168 valence electrons. The Morgan fingerprint density at radius 2 is 1.73 bits per heavy atom. The van der Waals surface area contributed by atoms with E-state index in [4.69, 9.17) is 16.3 Å². The lowest BCUT2D eigenvalue weighted by Gasteiger charge is -2.29. The number of rotatable bonds is 7. The van der Waals surface area contributed by atoms with Crippen molar-refractivity contribution in [3.05, 3.63) is 100 Å². The van der Waals surface area contributed by atoms with E-state index < -0.39 is 0 Å². The molecule has 0 saturated carbocycles. The molecule has 0 aliphatic carbocycles. The van der Waals surface area contributed by atoms with Crippen LogP contribution in [0.5, 0.6) is 5.75 Å². The van der Waals surface area contributed by atoms with Crippen molar-refractivity contribution in [2.45, 2.75) is 25.4 Å². The minimum Gasteiger partial charge on any atom is -0.494 e. The Balaban J connectivity index is 1.53. The smallest absolute Gasteiger partial charge is 0.251 e. The van der Waals surface area contributed by atoms with Gasteiger partial charge in [0.2, 0.25) is 0 Å². The van der Waals surface area contributed by atoms with E-state index in [-0.39, 0.29) is 18.0 Å². The number of hydrogen-bond acceptors (Lipinski definition) is 4. The van der Waals surface area contributed by atoms with Gasteiger partial charge in [-0.3, -0.25) is 9.69 Å². The topological polar surface area (TPSA) is 65.4 Å². The van der Waals surface area contributed by atoms with Crippen LogP contribution in [0.3, 0.4) is 0 Å². The SMILES string of the molecule is CCOc1ccc([C@@H](c2ccc(C#N)cc2)N2CCC(NC(=O)c3ccc(Cl)cc3)C2)cc1. The number of benzene rings is 3. The summed E-state index contributed by atoms with van der Waals surface area (Å²) in [5, 5.41) is 13.0. The van der Waals surface area contributed by atoms with Crippen LogP contribution < -0.4 is 10.1 Å². The first-order chi connectivity index (χ1) is 16.1. The van der Waals surface area contributed by atoms with E-state index in [9.17, 15) is 10.1 Å². The van der Waals surface area contributed by atoms with E-state index in [1.54, 1.807) is 24.3 Å². The van der Waals surface area contributed by atoms with Crippen LogP contribution >= 0.6 is 11.6 Å². The quantitative estimate of drug-likeness (QED) is 0.527. The number of hydrogen-bond donors (Lipinski definition) is 1. The van der Waals surface area contributed by atoms with Crippen molar-refractivity contribution in [3.8, 4) is 11.8 Å². The van der Waals surface area contributed by atoms with Crippen LogP contribution in [-0.2, 0) is 0 Å². The van der Waals surface area contributed by atoms with Gasteiger partial charge in [-0.15, -0.1) is 0 Å². The Morgan fingerprint density at radius 3 is 2.33 bits per heavy atom. The van der Waals surface area contributed by atoms with E-state index in [0.29, 0.717) is 22.8 Å². The number of ether oxygens (including phenoxy) is 1.